The molecule has 4 aliphatic rings. The van der Waals surface area contributed by atoms with Gasteiger partial charge in [-0.15, -0.1) is 0 Å². The first-order valence-electron chi connectivity index (χ1n) is 12.6. The van der Waals surface area contributed by atoms with Crippen molar-refractivity contribution < 1.29 is 14.1 Å². The molecule has 4 saturated carbocycles. The van der Waals surface area contributed by atoms with Crippen molar-refractivity contribution in [1.82, 2.24) is 5.16 Å². The van der Waals surface area contributed by atoms with E-state index in [9.17, 15) is 9.59 Å². The number of hydrogen-bond donors (Lipinski definition) is 2. The fraction of sp³-hybridized carbons (Fsp3) is 0.414. The molecule has 0 spiro atoms. The number of carbonyl (C=O) groups is 2. The van der Waals surface area contributed by atoms with Gasteiger partial charge >= 0.3 is 0 Å². The lowest BCUT2D eigenvalue weighted by Crippen LogP contribution is -2.57. The molecular weight excluding hydrogens is 438 g/mol. The van der Waals surface area contributed by atoms with Crippen molar-refractivity contribution in [2.24, 2.45) is 17.3 Å². The van der Waals surface area contributed by atoms with Crippen molar-refractivity contribution in [2.75, 3.05) is 10.6 Å². The summed E-state index contributed by atoms with van der Waals surface area (Å²) < 4.78 is 4.97. The normalized spacial score (nSPS) is 28.6. The number of nitrogens with zero attached hydrogens (tertiary/aromatic N) is 1. The molecule has 2 N–H and O–H groups in total. The first-order valence-corrected chi connectivity index (χ1v) is 12.6. The van der Waals surface area contributed by atoms with Gasteiger partial charge in [-0.05, 0) is 99.5 Å². The summed E-state index contributed by atoms with van der Waals surface area (Å²) in [6.45, 7) is 3.83. The Morgan fingerprint density at radius 2 is 1.51 bits per heavy atom. The zero-order chi connectivity index (χ0) is 24.2. The van der Waals surface area contributed by atoms with Gasteiger partial charge in [0.25, 0.3) is 5.91 Å². The average Bonchev–Trinajstić information content (AvgIpc) is 3.26. The van der Waals surface area contributed by atoms with Gasteiger partial charge in [0, 0.05) is 11.4 Å². The van der Waals surface area contributed by atoms with Crippen LogP contribution in [0.25, 0.3) is 0 Å². The maximum absolute atomic E-state index is 13.8. The predicted molar refractivity (Wildman–Crippen MR) is 134 cm³/mol. The van der Waals surface area contributed by atoms with Gasteiger partial charge in [-0.2, -0.15) is 0 Å². The molecule has 6 nitrogen and oxygen atoms in total. The summed E-state index contributed by atoms with van der Waals surface area (Å²) in [5, 5.41) is 9.72. The van der Waals surface area contributed by atoms with E-state index < -0.39 is 0 Å². The molecule has 0 aliphatic heterocycles. The van der Waals surface area contributed by atoms with Gasteiger partial charge in [0.05, 0.1) is 11.6 Å². The summed E-state index contributed by atoms with van der Waals surface area (Å²) in [6.07, 6.45) is 8.03. The van der Waals surface area contributed by atoms with Crippen molar-refractivity contribution in [3.05, 3.63) is 77.2 Å². The van der Waals surface area contributed by atoms with Gasteiger partial charge in [-0.25, -0.2) is 0 Å². The van der Waals surface area contributed by atoms with Crippen LogP contribution in [0.3, 0.4) is 0 Å². The molecule has 1 heterocycles. The van der Waals surface area contributed by atoms with Crippen molar-refractivity contribution in [3.63, 3.8) is 0 Å². The minimum atomic E-state index is -0.298. The number of aryl methyl sites for hydroxylation is 2. The lowest BCUT2D eigenvalue weighted by molar-refractivity contribution is -0.143. The summed E-state index contributed by atoms with van der Waals surface area (Å²) in [7, 11) is 0. The maximum Gasteiger partial charge on any atom is 0.260 e. The SMILES string of the molecule is Cc1ccc(C23CC4CC(CC(C(=O)Nc5ccc(NC(=O)c6cnoc6C)cc5)(C4)C2)C3)cc1. The Bertz CT molecular complexity index is 1260. The van der Waals surface area contributed by atoms with E-state index in [1.807, 2.05) is 24.3 Å². The van der Waals surface area contributed by atoms with Crippen LogP contribution >= 0.6 is 0 Å². The van der Waals surface area contributed by atoms with E-state index in [0.29, 0.717) is 28.8 Å². The number of benzene rings is 2. The van der Waals surface area contributed by atoms with Crippen LogP contribution < -0.4 is 10.6 Å². The Balaban J connectivity index is 1.18. The van der Waals surface area contributed by atoms with Gasteiger partial charge in [-0.3, -0.25) is 9.59 Å². The topological polar surface area (TPSA) is 84.2 Å². The van der Waals surface area contributed by atoms with E-state index in [-0.39, 0.29) is 22.6 Å². The number of carbonyl (C=O) groups excluding carboxylic acids is 2. The number of anilines is 2. The predicted octanol–water partition coefficient (Wildman–Crippen LogP) is 6.02. The molecule has 7 rings (SSSR count). The standard InChI is InChI=1S/C29H31N3O3/c1-18-3-5-22(6-4-18)28-12-20-11-21(13-28)15-29(14-20,17-28)27(34)32-24-9-7-23(8-10-24)31-26(33)25-16-30-35-19(25)2/h3-10,16,20-21H,11-15,17H2,1-2H3,(H,31,33)(H,32,34). The van der Waals surface area contributed by atoms with Crippen LogP contribution in [0.5, 0.6) is 0 Å². The van der Waals surface area contributed by atoms with Crippen LogP contribution in [-0.4, -0.2) is 17.0 Å². The average molecular weight is 470 g/mol. The largest absolute Gasteiger partial charge is 0.361 e. The Hall–Kier alpha value is -3.41. The highest BCUT2D eigenvalue weighted by molar-refractivity contribution is 6.05. The third-order valence-electron chi connectivity index (χ3n) is 8.60. The van der Waals surface area contributed by atoms with Gasteiger partial charge in [0.15, 0.2) is 0 Å². The highest BCUT2D eigenvalue weighted by Crippen LogP contribution is 2.66. The summed E-state index contributed by atoms with van der Waals surface area (Å²) in [4.78, 5) is 26.2. The second kappa shape index (κ2) is 8.08. The Morgan fingerprint density at radius 1 is 0.886 bits per heavy atom. The molecule has 4 aliphatic carbocycles. The zero-order valence-electron chi connectivity index (χ0n) is 20.3. The fourth-order valence-electron chi connectivity index (χ4n) is 7.39. The minimum absolute atomic E-state index is 0.128. The van der Waals surface area contributed by atoms with Crippen LogP contribution in [0.2, 0.25) is 0 Å². The second-order valence-corrected chi connectivity index (χ2v) is 11.2. The van der Waals surface area contributed by atoms with Crippen LogP contribution in [0.1, 0.15) is 65.8 Å². The third kappa shape index (κ3) is 3.85. The highest BCUT2D eigenvalue weighted by atomic mass is 16.5. The van der Waals surface area contributed by atoms with E-state index in [1.165, 1.54) is 36.6 Å². The molecule has 2 unspecified atom stereocenters. The van der Waals surface area contributed by atoms with Crippen molar-refractivity contribution in [1.29, 1.82) is 0 Å². The maximum atomic E-state index is 13.8. The summed E-state index contributed by atoms with van der Waals surface area (Å²) >= 11 is 0. The summed E-state index contributed by atoms with van der Waals surface area (Å²) in [5.41, 5.74) is 4.35. The van der Waals surface area contributed by atoms with Gasteiger partial charge in [-0.1, -0.05) is 35.0 Å². The molecule has 0 saturated heterocycles. The molecule has 3 aromatic rings. The quantitative estimate of drug-likeness (QED) is 0.478. The molecule has 35 heavy (non-hydrogen) atoms. The van der Waals surface area contributed by atoms with E-state index in [2.05, 4.69) is 47.0 Å². The second-order valence-electron chi connectivity index (χ2n) is 11.2. The van der Waals surface area contributed by atoms with Crippen molar-refractivity contribution >= 4 is 23.2 Å². The lowest BCUT2D eigenvalue weighted by Gasteiger charge is -2.61. The smallest absolute Gasteiger partial charge is 0.260 e. The molecule has 2 atom stereocenters. The Labute approximate surface area is 205 Å². The fourth-order valence-corrected chi connectivity index (χ4v) is 7.39. The number of hydrogen-bond acceptors (Lipinski definition) is 4. The summed E-state index contributed by atoms with van der Waals surface area (Å²) in [5.74, 6) is 1.62. The molecule has 180 valence electrons. The molecule has 2 aromatic carbocycles. The molecule has 2 amide bonds. The molecule has 4 bridgehead atoms. The third-order valence-corrected chi connectivity index (χ3v) is 8.60. The molecule has 0 radical (unpaired) electrons. The lowest BCUT2D eigenvalue weighted by atomic mass is 9.42. The number of aromatic nitrogens is 1. The van der Waals surface area contributed by atoms with Crippen molar-refractivity contribution in [3.8, 4) is 0 Å². The van der Waals surface area contributed by atoms with Crippen LogP contribution in [0.4, 0.5) is 11.4 Å². The number of rotatable bonds is 5. The van der Waals surface area contributed by atoms with E-state index in [1.54, 1.807) is 6.92 Å². The highest BCUT2D eigenvalue weighted by Gasteiger charge is 2.60. The van der Waals surface area contributed by atoms with E-state index in [4.69, 9.17) is 4.52 Å². The number of nitrogens with one attached hydrogen (secondary N) is 2. The van der Waals surface area contributed by atoms with E-state index >= 15 is 0 Å². The molecule has 4 fully saturated rings. The van der Waals surface area contributed by atoms with Gasteiger partial charge in [0.2, 0.25) is 5.91 Å². The zero-order valence-corrected chi connectivity index (χ0v) is 20.3. The molecule has 1 aromatic heterocycles. The first-order chi connectivity index (χ1) is 16.8. The molecular formula is C29H31N3O3. The number of amides is 2. The van der Waals surface area contributed by atoms with Crippen LogP contribution in [0.15, 0.2) is 59.3 Å². The molecule has 6 heteroatoms. The Morgan fingerprint density at radius 3 is 2.11 bits per heavy atom. The van der Waals surface area contributed by atoms with Crippen molar-refractivity contribution in [2.45, 2.75) is 57.8 Å². The monoisotopic (exact) mass is 469 g/mol. The Kier molecular flexibility index (Phi) is 5.09. The minimum Gasteiger partial charge on any atom is -0.361 e. The van der Waals surface area contributed by atoms with E-state index in [0.717, 1.165) is 24.9 Å². The van der Waals surface area contributed by atoms with Crippen LogP contribution in [-0.2, 0) is 10.2 Å². The van der Waals surface area contributed by atoms with Gasteiger partial charge in [0.1, 0.15) is 11.3 Å². The van der Waals surface area contributed by atoms with Gasteiger partial charge < -0.3 is 15.2 Å². The summed E-state index contributed by atoms with van der Waals surface area (Å²) in [6, 6.07) is 16.3. The van der Waals surface area contributed by atoms with Crippen LogP contribution in [0, 0.1) is 31.1 Å². The first kappa shape index (κ1) is 22.1.